The van der Waals surface area contributed by atoms with E-state index in [-0.39, 0.29) is 11.3 Å². The van der Waals surface area contributed by atoms with Crippen LogP contribution in [0.1, 0.15) is 32.9 Å². The molecule has 0 fully saturated rings. The van der Waals surface area contributed by atoms with Crippen molar-refractivity contribution in [3.05, 3.63) is 34.7 Å². The van der Waals surface area contributed by atoms with Crippen LogP contribution < -0.4 is 5.32 Å². The molecule has 0 aliphatic heterocycles. The van der Waals surface area contributed by atoms with Gasteiger partial charge >= 0.3 is 0 Å². The van der Waals surface area contributed by atoms with Gasteiger partial charge in [-0.05, 0) is 39.9 Å². The first-order valence-corrected chi connectivity index (χ1v) is 7.54. The van der Waals surface area contributed by atoms with Crippen LogP contribution in [0.2, 0.25) is 0 Å². The normalized spacial score (nSPS) is 11.8. The zero-order chi connectivity index (χ0) is 14.8. The maximum absolute atomic E-state index is 11.9. The van der Waals surface area contributed by atoms with Crippen LogP contribution in [0, 0.1) is 5.41 Å². The van der Waals surface area contributed by atoms with Crippen LogP contribution >= 0.6 is 15.9 Å². The number of carbonyl (C=O) groups is 1. The molecule has 0 atom stereocenters. The largest absolute Gasteiger partial charge is 0.356 e. The lowest BCUT2D eigenvalue weighted by atomic mass is 9.97. The number of hydrogen-bond acceptors (Lipinski definition) is 2. The summed E-state index contributed by atoms with van der Waals surface area (Å²) in [5.41, 5.74) is 2.05. The van der Waals surface area contributed by atoms with Gasteiger partial charge in [0.05, 0.1) is 4.60 Å². The average molecular weight is 338 g/mol. The number of amides is 1. The van der Waals surface area contributed by atoms with E-state index in [2.05, 4.69) is 47.0 Å². The van der Waals surface area contributed by atoms with Crippen LogP contribution in [0.3, 0.4) is 0 Å². The fourth-order valence-corrected chi connectivity index (χ4v) is 2.49. The van der Waals surface area contributed by atoms with Gasteiger partial charge in [0.15, 0.2) is 0 Å². The molecule has 0 saturated heterocycles. The molecular weight excluding hydrogens is 318 g/mol. The van der Waals surface area contributed by atoms with E-state index in [9.17, 15) is 4.79 Å². The van der Waals surface area contributed by atoms with Crippen molar-refractivity contribution < 1.29 is 4.79 Å². The lowest BCUT2D eigenvalue weighted by Gasteiger charge is -2.18. The summed E-state index contributed by atoms with van der Waals surface area (Å²) in [6, 6.07) is 5.87. The molecule has 5 heteroatoms. The maximum Gasteiger partial charge on any atom is 0.220 e. The minimum atomic E-state index is 0.0851. The Morgan fingerprint density at radius 2 is 2.15 bits per heavy atom. The Kier molecular flexibility index (Phi) is 4.48. The van der Waals surface area contributed by atoms with Crippen LogP contribution in [-0.2, 0) is 11.2 Å². The Balaban J connectivity index is 1.98. The van der Waals surface area contributed by atoms with E-state index in [1.54, 1.807) is 0 Å². The average Bonchev–Trinajstić information content (AvgIpc) is 2.78. The molecule has 2 aromatic rings. The third-order valence-corrected chi connectivity index (χ3v) is 3.60. The Bertz CT molecular complexity index is 613. The zero-order valence-electron chi connectivity index (χ0n) is 12.1. The summed E-state index contributed by atoms with van der Waals surface area (Å²) in [4.78, 5) is 16.2. The summed E-state index contributed by atoms with van der Waals surface area (Å²) in [5, 5.41) is 2.97. The lowest BCUT2D eigenvalue weighted by molar-refractivity contribution is -0.121. The first-order valence-electron chi connectivity index (χ1n) is 6.74. The number of nitrogens with one attached hydrogen (secondary N) is 1. The number of carbonyl (C=O) groups excluding carboxylic acids is 1. The van der Waals surface area contributed by atoms with Gasteiger partial charge in [-0.2, -0.15) is 0 Å². The van der Waals surface area contributed by atoms with Crippen molar-refractivity contribution in [2.24, 2.45) is 5.41 Å². The van der Waals surface area contributed by atoms with Crippen molar-refractivity contribution in [3.8, 4) is 0 Å². The molecule has 0 spiro atoms. The van der Waals surface area contributed by atoms with E-state index in [0.717, 1.165) is 15.9 Å². The zero-order valence-corrected chi connectivity index (χ0v) is 13.7. The summed E-state index contributed by atoms with van der Waals surface area (Å²) < 4.78 is 2.98. The van der Waals surface area contributed by atoms with Gasteiger partial charge in [-0.3, -0.25) is 9.20 Å². The molecule has 0 saturated carbocycles. The molecule has 108 valence electrons. The summed E-state index contributed by atoms with van der Waals surface area (Å²) in [7, 11) is 0. The molecule has 2 rings (SSSR count). The first kappa shape index (κ1) is 15.0. The van der Waals surface area contributed by atoms with Gasteiger partial charge < -0.3 is 5.32 Å². The van der Waals surface area contributed by atoms with Crippen molar-refractivity contribution in [1.29, 1.82) is 0 Å². The molecule has 0 unspecified atom stereocenters. The van der Waals surface area contributed by atoms with Gasteiger partial charge in [0.2, 0.25) is 5.91 Å². The van der Waals surface area contributed by atoms with Crippen LogP contribution in [-0.4, -0.2) is 21.8 Å². The number of halogens is 1. The maximum atomic E-state index is 11.9. The van der Waals surface area contributed by atoms with Crippen molar-refractivity contribution in [3.63, 3.8) is 0 Å². The monoisotopic (exact) mass is 337 g/mol. The Hall–Kier alpha value is -1.36. The minimum absolute atomic E-state index is 0.0851. The molecule has 4 nitrogen and oxygen atoms in total. The van der Waals surface area contributed by atoms with Gasteiger partial charge in [-0.25, -0.2) is 4.98 Å². The fourth-order valence-electron chi connectivity index (χ4n) is 1.93. The van der Waals surface area contributed by atoms with Crippen LogP contribution in [0.4, 0.5) is 0 Å². The second kappa shape index (κ2) is 5.95. The number of fused-ring (bicyclic) bond motifs is 1. The predicted molar refractivity (Wildman–Crippen MR) is 83.7 cm³/mol. The first-order chi connectivity index (χ1) is 9.37. The fraction of sp³-hybridized carbons (Fsp3) is 0.467. The summed E-state index contributed by atoms with van der Waals surface area (Å²) in [5.74, 6) is 0.0851. The van der Waals surface area contributed by atoms with Crippen molar-refractivity contribution in [2.45, 2.75) is 33.6 Å². The molecule has 1 amide bonds. The lowest BCUT2D eigenvalue weighted by Crippen LogP contribution is -2.32. The highest BCUT2D eigenvalue weighted by Crippen LogP contribution is 2.17. The van der Waals surface area contributed by atoms with Gasteiger partial charge in [0.1, 0.15) is 5.65 Å². The smallest absolute Gasteiger partial charge is 0.220 e. The molecule has 0 aliphatic rings. The topological polar surface area (TPSA) is 46.4 Å². The second-order valence-electron chi connectivity index (χ2n) is 6.13. The van der Waals surface area contributed by atoms with Gasteiger partial charge in [0, 0.05) is 24.9 Å². The molecule has 20 heavy (non-hydrogen) atoms. The number of pyridine rings is 1. The number of nitrogens with zero attached hydrogens (tertiary/aromatic N) is 2. The van der Waals surface area contributed by atoms with Gasteiger partial charge in [-0.1, -0.05) is 26.8 Å². The highest BCUT2D eigenvalue weighted by Gasteiger charge is 2.13. The van der Waals surface area contributed by atoms with Crippen molar-refractivity contribution in [2.75, 3.05) is 6.54 Å². The summed E-state index contributed by atoms with van der Waals surface area (Å²) in [6.45, 7) is 7.02. The van der Waals surface area contributed by atoms with Crippen molar-refractivity contribution >= 4 is 27.5 Å². The molecule has 0 aliphatic carbocycles. The highest BCUT2D eigenvalue weighted by atomic mass is 79.9. The molecule has 1 N–H and O–H groups in total. The number of aryl methyl sites for hydroxylation is 1. The molecule has 2 aromatic heterocycles. The number of rotatable bonds is 4. The van der Waals surface area contributed by atoms with E-state index in [0.29, 0.717) is 19.4 Å². The van der Waals surface area contributed by atoms with E-state index in [1.807, 2.05) is 28.8 Å². The standard InChI is InChI=1S/C15H20BrN3O/c1-15(2,3)10-18-14(20)8-7-11-9-17-13-6-4-5-12(16)19(11)13/h4-6,9H,7-8,10H2,1-3H3,(H,18,20). The molecule has 0 radical (unpaired) electrons. The third kappa shape index (κ3) is 3.82. The van der Waals surface area contributed by atoms with Crippen LogP contribution in [0.15, 0.2) is 29.0 Å². The quantitative estimate of drug-likeness (QED) is 0.871. The molecule has 2 heterocycles. The van der Waals surface area contributed by atoms with Gasteiger partial charge in [0.25, 0.3) is 0 Å². The second-order valence-corrected chi connectivity index (χ2v) is 6.94. The highest BCUT2D eigenvalue weighted by molar-refractivity contribution is 9.10. The summed E-state index contributed by atoms with van der Waals surface area (Å²) >= 11 is 3.51. The van der Waals surface area contributed by atoms with E-state index in [1.165, 1.54) is 0 Å². The van der Waals surface area contributed by atoms with Crippen molar-refractivity contribution in [1.82, 2.24) is 14.7 Å². The molecule has 0 aromatic carbocycles. The summed E-state index contributed by atoms with van der Waals surface area (Å²) in [6.07, 6.45) is 2.99. The Morgan fingerprint density at radius 3 is 2.85 bits per heavy atom. The Morgan fingerprint density at radius 1 is 1.40 bits per heavy atom. The Labute approximate surface area is 127 Å². The predicted octanol–water partition coefficient (Wildman–Crippen LogP) is 3.19. The SMILES string of the molecule is CC(C)(C)CNC(=O)CCc1cnc2cccc(Br)n12. The molecular formula is C15H20BrN3O. The van der Waals surface area contributed by atoms with E-state index < -0.39 is 0 Å². The van der Waals surface area contributed by atoms with Crippen LogP contribution in [0.5, 0.6) is 0 Å². The number of hydrogen-bond donors (Lipinski definition) is 1. The van der Waals surface area contributed by atoms with Gasteiger partial charge in [-0.15, -0.1) is 0 Å². The van der Waals surface area contributed by atoms with E-state index >= 15 is 0 Å². The van der Waals surface area contributed by atoms with Crippen LogP contribution in [0.25, 0.3) is 5.65 Å². The minimum Gasteiger partial charge on any atom is -0.356 e. The van der Waals surface area contributed by atoms with E-state index in [4.69, 9.17) is 0 Å². The third-order valence-electron chi connectivity index (χ3n) is 2.98. The molecule has 0 bridgehead atoms. The number of aromatic nitrogens is 2. The number of imidazole rings is 1.